The van der Waals surface area contributed by atoms with Crippen molar-refractivity contribution in [3.63, 3.8) is 0 Å². The van der Waals surface area contributed by atoms with Crippen molar-refractivity contribution < 1.29 is 18.7 Å². The first-order chi connectivity index (χ1) is 15.8. The Morgan fingerprint density at radius 1 is 1.36 bits per heavy atom. The molecule has 2 aromatic rings. The fourth-order valence-electron chi connectivity index (χ4n) is 2.42. The Labute approximate surface area is 205 Å². The summed E-state index contributed by atoms with van der Waals surface area (Å²) < 4.78 is 18.8. The number of carbonyl (C=O) groups is 2. The summed E-state index contributed by atoms with van der Waals surface area (Å²) in [7, 11) is 2.86. The number of thiophene rings is 1. The molecule has 10 heteroatoms. The predicted octanol–water partition coefficient (Wildman–Crippen LogP) is 6.90. The van der Waals surface area contributed by atoms with E-state index in [0.717, 1.165) is 17.4 Å². The maximum absolute atomic E-state index is 13.8. The van der Waals surface area contributed by atoms with Crippen molar-refractivity contribution in [3.8, 4) is 16.2 Å². The first-order valence-electron chi connectivity index (χ1n) is 9.30. The zero-order valence-corrected chi connectivity index (χ0v) is 20.0. The summed E-state index contributed by atoms with van der Waals surface area (Å²) in [5, 5.41) is 2.81. The van der Waals surface area contributed by atoms with Crippen molar-refractivity contribution in [2.45, 2.75) is 0 Å². The van der Waals surface area contributed by atoms with Gasteiger partial charge in [0.25, 0.3) is 0 Å². The molecule has 1 aromatic heterocycles. The molecule has 6 nitrogen and oxygen atoms in total. The SMILES string of the molecule is C=C\C=C/C(/C=N/C=C/N(C)C(=O)Nc1cc(-c2cc(OC)c(F)cc2Cl)sc1C=O)=C\Cl. The van der Waals surface area contributed by atoms with Gasteiger partial charge in [-0.25, -0.2) is 9.18 Å². The van der Waals surface area contributed by atoms with E-state index < -0.39 is 11.8 Å². The number of halogens is 3. The minimum Gasteiger partial charge on any atom is -0.494 e. The Bertz CT molecular complexity index is 1160. The van der Waals surface area contributed by atoms with Gasteiger partial charge < -0.3 is 15.0 Å². The number of anilines is 1. The molecule has 1 N–H and O–H groups in total. The van der Waals surface area contributed by atoms with E-state index in [0.29, 0.717) is 28.0 Å². The van der Waals surface area contributed by atoms with Gasteiger partial charge in [0.15, 0.2) is 17.9 Å². The molecular weight excluding hydrogens is 488 g/mol. The van der Waals surface area contributed by atoms with Gasteiger partial charge in [0, 0.05) is 47.2 Å². The second-order valence-corrected chi connectivity index (χ2v) is 8.00. The molecule has 2 rings (SSSR count). The number of methoxy groups -OCH3 is 1. The van der Waals surface area contributed by atoms with Crippen molar-refractivity contribution in [3.05, 3.63) is 82.2 Å². The van der Waals surface area contributed by atoms with Crippen LogP contribution in [0.3, 0.4) is 0 Å². The number of hydrogen-bond acceptors (Lipinski definition) is 5. The van der Waals surface area contributed by atoms with Crippen LogP contribution in [0.25, 0.3) is 10.4 Å². The lowest BCUT2D eigenvalue weighted by Gasteiger charge is -2.12. The lowest BCUT2D eigenvalue weighted by atomic mass is 10.1. The first-order valence-corrected chi connectivity index (χ1v) is 10.9. The van der Waals surface area contributed by atoms with Crippen LogP contribution in [-0.4, -0.2) is 37.6 Å². The molecule has 1 heterocycles. The molecule has 0 fully saturated rings. The maximum atomic E-state index is 13.8. The Kier molecular flexibility index (Phi) is 10.1. The summed E-state index contributed by atoms with van der Waals surface area (Å²) in [6, 6.07) is 3.65. The van der Waals surface area contributed by atoms with E-state index in [1.807, 2.05) is 0 Å². The average Bonchev–Trinajstić information content (AvgIpc) is 3.20. The van der Waals surface area contributed by atoms with Gasteiger partial charge in [-0.1, -0.05) is 48.0 Å². The van der Waals surface area contributed by atoms with Gasteiger partial charge >= 0.3 is 6.03 Å². The molecule has 172 valence electrons. The maximum Gasteiger partial charge on any atom is 0.325 e. The van der Waals surface area contributed by atoms with Crippen LogP contribution in [0.15, 0.2) is 71.5 Å². The van der Waals surface area contributed by atoms with Crippen LogP contribution in [0.5, 0.6) is 5.75 Å². The van der Waals surface area contributed by atoms with Crippen molar-refractivity contribution in [2.75, 3.05) is 19.5 Å². The van der Waals surface area contributed by atoms with Crippen LogP contribution in [0.4, 0.5) is 14.9 Å². The molecule has 0 saturated heterocycles. The quantitative estimate of drug-likeness (QED) is 0.228. The lowest BCUT2D eigenvalue weighted by molar-refractivity contribution is 0.112. The summed E-state index contributed by atoms with van der Waals surface area (Å²) in [6.45, 7) is 3.57. The molecule has 1 aromatic carbocycles. The highest BCUT2D eigenvalue weighted by molar-refractivity contribution is 7.17. The molecule has 0 atom stereocenters. The van der Waals surface area contributed by atoms with Crippen LogP contribution in [0.2, 0.25) is 5.02 Å². The molecule has 0 saturated carbocycles. The predicted molar refractivity (Wildman–Crippen MR) is 134 cm³/mol. The number of hydrogen-bond donors (Lipinski definition) is 1. The van der Waals surface area contributed by atoms with Crippen LogP contribution in [0, 0.1) is 5.82 Å². The molecule has 0 spiro atoms. The molecule has 0 bridgehead atoms. The third kappa shape index (κ3) is 7.15. The van der Waals surface area contributed by atoms with Gasteiger partial charge in [-0.15, -0.1) is 11.3 Å². The molecule has 33 heavy (non-hydrogen) atoms. The average molecular weight is 508 g/mol. The number of rotatable bonds is 9. The number of benzene rings is 1. The van der Waals surface area contributed by atoms with E-state index in [9.17, 15) is 14.0 Å². The monoisotopic (exact) mass is 507 g/mol. The highest BCUT2D eigenvalue weighted by Crippen LogP contribution is 2.40. The number of aliphatic imine (C=N–C) groups is 1. The summed E-state index contributed by atoms with van der Waals surface area (Å²) in [4.78, 5) is 30.2. The molecule has 0 aliphatic carbocycles. The standard InChI is InChI=1S/C23H20Cl2FN3O3S/c1-4-5-6-15(12-24)13-27-7-8-29(2)23(31)28-19-11-21(33-22(19)14-30)16-9-20(32-3)18(26)10-17(16)25/h4-14H,1H2,2-3H3,(H,28,31)/b6-5-,8-7+,15-12+,27-13+. The molecule has 0 radical (unpaired) electrons. The number of nitrogens with one attached hydrogen (secondary N) is 1. The van der Waals surface area contributed by atoms with Crippen molar-refractivity contribution in [2.24, 2.45) is 4.99 Å². The van der Waals surface area contributed by atoms with Crippen LogP contribution in [0.1, 0.15) is 9.67 Å². The van der Waals surface area contributed by atoms with Gasteiger partial charge in [0.1, 0.15) is 0 Å². The minimum absolute atomic E-state index is 0.0126. The van der Waals surface area contributed by atoms with Crippen molar-refractivity contribution >= 4 is 58.8 Å². The molecule has 0 aliphatic rings. The summed E-state index contributed by atoms with van der Waals surface area (Å²) in [6.07, 6.45) is 9.99. The fourth-order valence-corrected chi connectivity index (χ4v) is 3.82. The summed E-state index contributed by atoms with van der Waals surface area (Å²) >= 11 is 13.0. The van der Waals surface area contributed by atoms with Gasteiger partial charge in [0.2, 0.25) is 0 Å². The topological polar surface area (TPSA) is 71.0 Å². The van der Waals surface area contributed by atoms with Gasteiger partial charge in [-0.05, 0) is 18.2 Å². The number of carbonyl (C=O) groups excluding carboxylic acids is 2. The number of nitrogens with zero attached hydrogens (tertiary/aromatic N) is 2. The Hall–Kier alpha value is -3.20. The summed E-state index contributed by atoms with van der Waals surface area (Å²) in [5.41, 5.74) is 2.76. The van der Waals surface area contributed by atoms with Crippen molar-refractivity contribution in [1.82, 2.24) is 4.90 Å². The van der Waals surface area contributed by atoms with E-state index in [1.165, 1.54) is 49.3 Å². The molecule has 0 aliphatic heterocycles. The third-order valence-electron chi connectivity index (χ3n) is 4.09. The van der Waals surface area contributed by atoms with Crippen molar-refractivity contribution in [1.29, 1.82) is 0 Å². The van der Waals surface area contributed by atoms with E-state index in [-0.39, 0.29) is 15.6 Å². The largest absolute Gasteiger partial charge is 0.494 e. The number of ether oxygens (including phenoxy) is 1. The van der Waals surface area contributed by atoms with Gasteiger partial charge in [-0.2, -0.15) is 0 Å². The number of allylic oxidation sites excluding steroid dienone is 4. The van der Waals surface area contributed by atoms with E-state index in [1.54, 1.807) is 24.3 Å². The highest BCUT2D eigenvalue weighted by Gasteiger charge is 2.17. The normalized spacial score (nSPS) is 12.0. The number of urea groups is 1. The Morgan fingerprint density at radius 2 is 2.12 bits per heavy atom. The van der Waals surface area contributed by atoms with Gasteiger partial charge in [-0.3, -0.25) is 9.79 Å². The Morgan fingerprint density at radius 3 is 2.76 bits per heavy atom. The zero-order valence-electron chi connectivity index (χ0n) is 17.7. The number of aldehydes is 1. The van der Waals surface area contributed by atoms with Crippen LogP contribution >= 0.6 is 34.5 Å². The fraction of sp³-hybridized carbons (Fsp3) is 0.0870. The first kappa shape index (κ1) is 26.1. The van der Waals surface area contributed by atoms with E-state index in [4.69, 9.17) is 27.9 Å². The minimum atomic E-state index is -0.603. The molecular formula is C23H20Cl2FN3O3S. The smallest absolute Gasteiger partial charge is 0.325 e. The van der Waals surface area contributed by atoms with E-state index in [2.05, 4.69) is 16.9 Å². The second-order valence-electron chi connectivity index (χ2n) is 6.29. The Balaban J connectivity index is 2.17. The van der Waals surface area contributed by atoms with Gasteiger partial charge in [0.05, 0.1) is 22.7 Å². The summed E-state index contributed by atoms with van der Waals surface area (Å²) in [5.74, 6) is -0.591. The number of amides is 2. The highest BCUT2D eigenvalue weighted by atomic mass is 35.5. The zero-order chi connectivity index (χ0) is 24.4. The lowest BCUT2D eigenvalue weighted by Crippen LogP contribution is -2.26. The van der Waals surface area contributed by atoms with Crippen LogP contribution < -0.4 is 10.1 Å². The molecule has 2 amide bonds. The van der Waals surface area contributed by atoms with E-state index >= 15 is 0 Å². The molecule has 0 unspecified atom stereocenters. The van der Waals surface area contributed by atoms with Crippen LogP contribution in [-0.2, 0) is 0 Å². The second kappa shape index (κ2) is 12.7. The third-order valence-corrected chi connectivity index (χ3v) is 5.75.